The topological polar surface area (TPSA) is 45.4 Å². The Morgan fingerprint density at radius 1 is 1.50 bits per heavy atom. The van der Waals surface area contributed by atoms with Gasteiger partial charge in [-0.25, -0.2) is 0 Å². The van der Waals surface area contributed by atoms with Crippen molar-refractivity contribution in [1.82, 2.24) is 0 Å². The highest BCUT2D eigenvalue weighted by atomic mass is 16.6. The second-order valence-electron chi connectivity index (χ2n) is 2.60. The van der Waals surface area contributed by atoms with Gasteiger partial charge in [0, 0.05) is 0 Å². The van der Waals surface area contributed by atoms with Gasteiger partial charge in [-0.2, -0.15) is 5.26 Å². The van der Waals surface area contributed by atoms with E-state index in [9.17, 15) is 0 Å². The molecule has 1 radical (unpaired) electrons. The molecule has 0 spiro atoms. The lowest BCUT2D eigenvalue weighted by atomic mass is 10.1. The van der Waals surface area contributed by atoms with Gasteiger partial charge in [0.2, 0.25) is 0 Å². The van der Waals surface area contributed by atoms with Crippen LogP contribution >= 0.6 is 0 Å². The van der Waals surface area contributed by atoms with E-state index in [0.717, 1.165) is 11.1 Å². The Morgan fingerprint density at radius 2 is 2.29 bits per heavy atom. The lowest BCUT2D eigenvalue weighted by Gasteiger charge is -1.96. The predicted molar refractivity (Wildman–Crippen MR) is 54.7 cm³/mol. The lowest BCUT2D eigenvalue weighted by molar-refractivity contribution is 0.160. The molecule has 0 heterocycles. The molecule has 3 nitrogen and oxygen atoms in total. The second kappa shape index (κ2) is 5.76. The summed E-state index contributed by atoms with van der Waals surface area (Å²) in [6.07, 6.45) is 3.11. The van der Waals surface area contributed by atoms with Crippen LogP contribution in [0.3, 0.4) is 0 Å². The summed E-state index contributed by atoms with van der Waals surface area (Å²) >= 11 is 0. The van der Waals surface area contributed by atoms with Gasteiger partial charge in [0.1, 0.15) is 6.61 Å². The van der Waals surface area contributed by atoms with Crippen LogP contribution < -0.4 is 0 Å². The van der Waals surface area contributed by atoms with E-state index in [1.165, 1.54) is 6.42 Å². The van der Waals surface area contributed by atoms with Crippen molar-refractivity contribution < 1.29 is 4.84 Å². The van der Waals surface area contributed by atoms with Crippen molar-refractivity contribution in [2.75, 3.05) is 6.61 Å². The van der Waals surface area contributed by atoms with Gasteiger partial charge < -0.3 is 4.84 Å². The van der Waals surface area contributed by atoms with Crippen molar-refractivity contribution in [2.45, 2.75) is 6.92 Å². The minimum absolute atomic E-state index is 0.556. The number of nitriles is 1. The molecule has 0 aliphatic carbocycles. The number of benzene rings is 1. The highest BCUT2D eigenvalue weighted by Gasteiger charge is 1.93. The molecule has 0 amide bonds. The van der Waals surface area contributed by atoms with Gasteiger partial charge in [0.05, 0.1) is 18.7 Å². The number of hydrogen-bond acceptors (Lipinski definition) is 3. The van der Waals surface area contributed by atoms with E-state index in [1.807, 2.05) is 37.3 Å². The maximum absolute atomic E-state index is 8.46. The van der Waals surface area contributed by atoms with Crippen LogP contribution in [-0.2, 0) is 4.84 Å². The molecule has 0 aliphatic rings. The minimum atomic E-state index is 0.556. The fourth-order valence-electron chi connectivity index (χ4n) is 0.976. The third-order valence-corrected chi connectivity index (χ3v) is 1.55. The highest BCUT2D eigenvalue weighted by Crippen LogP contribution is 2.04. The molecule has 0 saturated heterocycles. The van der Waals surface area contributed by atoms with Crippen LogP contribution in [-0.4, -0.2) is 12.8 Å². The minimum Gasteiger partial charge on any atom is -0.396 e. The van der Waals surface area contributed by atoms with Crippen LogP contribution in [0.15, 0.2) is 29.4 Å². The number of oxime groups is 1. The Labute approximate surface area is 83.6 Å². The molecule has 0 unspecified atom stereocenters. The largest absolute Gasteiger partial charge is 0.396 e. The molecular weight excluding hydrogens is 176 g/mol. The van der Waals surface area contributed by atoms with Crippen LogP contribution in [0.2, 0.25) is 0 Å². The molecule has 0 bridgehead atoms. The number of hydrogen-bond donors (Lipinski definition) is 0. The molecule has 14 heavy (non-hydrogen) atoms. The van der Waals surface area contributed by atoms with Crippen LogP contribution in [0.4, 0.5) is 0 Å². The highest BCUT2D eigenvalue weighted by molar-refractivity contribution is 5.79. The van der Waals surface area contributed by atoms with E-state index in [1.54, 1.807) is 6.21 Å². The third-order valence-electron chi connectivity index (χ3n) is 1.55. The van der Waals surface area contributed by atoms with E-state index in [-0.39, 0.29) is 0 Å². The molecule has 0 fully saturated rings. The maximum atomic E-state index is 8.46. The van der Waals surface area contributed by atoms with Crippen molar-refractivity contribution in [3.05, 3.63) is 41.8 Å². The zero-order chi connectivity index (χ0) is 10.2. The van der Waals surface area contributed by atoms with Crippen LogP contribution in [0.5, 0.6) is 0 Å². The summed E-state index contributed by atoms with van der Waals surface area (Å²) in [6.45, 7) is 2.43. The Kier molecular flexibility index (Phi) is 4.22. The molecule has 0 aromatic heterocycles. The molecule has 0 N–H and O–H groups in total. The van der Waals surface area contributed by atoms with Crippen LogP contribution in [0, 0.1) is 17.8 Å². The third kappa shape index (κ3) is 3.28. The van der Waals surface area contributed by atoms with Gasteiger partial charge >= 0.3 is 0 Å². The average molecular weight is 187 g/mol. The van der Waals surface area contributed by atoms with Gasteiger partial charge in [-0.3, -0.25) is 0 Å². The maximum Gasteiger partial charge on any atom is 0.114 e. The Hall–Kier alpha value is -1.82. The van der Waals surface area contributed by atoms with Gasteiger partial charge in [-0.05, 0) is 24.1 Å². The van der Waals surface area contributed by atoms with Crippen molar-refractivity contribution in [3.8, 4) is 6.07 Å². The fraction of sp³-hybridized carbons (Fsp3) is 0.182. The summed E-state index contributed by atoms with van der Waals surface area (Å²) in [5.41, 5.74) is 1.79. The zero-order valence-electron chi connectivity index (χ0n) is 7.97. The monoisotopic (exact) mass is 187 g/mol. The molecule has 3 heteroatoms. The first-order valence-electron chi connectivity index (χ1n) is 4.35. The summed E-state index contributed by atoms with van der Waals surface area (Å²) in [4.78, 5) is 4.83. The van der Waals surface area contributed by atoms with Gasteiger partial charge in [-0.15, -0.1) is 0 Å². The summed E-state index contributed by atoms with van der Waals surface area (Å²) in [5, 5.41) is 12.2. The van der Waals surface area contributed by atoms with Crippen LogP contribution in [0.25, 0.3) is 0 Å². The molecule has 1 aromatic carbocycles. The second-order valence-corrected chi connectivity index (χ2v) is 2.60. The van der Waals surface area contributed by atoms with Gasteiger partial charge in [0.15, 0.2) is 0 Å². The first-order chi connectivity index (χ1) is 6.86. The molecule has 0 atom stereocenters. The molecule has 1 rings (SSSR count). The Morgan fingerprint density at radius 3 is 3.00 bits per heavy atom. The summed E-state index contributed by atoms with van der Waals surface area (Å²) < 4.78 is 0. The SMILES string of the molecule is CCON=Cc1cccc([CH]C#N)c1. The van der Waals surface area contributed by atoms with E-state index in [0.29, 0.717) is 6.61 Å². The first kappa shape index (κ1) is 10.3. The van der Waals surface area contributed by atoms with Crippen molar-refractivity contribution in [1.29, 1.82) is 5.26 Å². The smallest absolute Gasteiger partial charge is 0.114 e. The van der Waals surface area contributed by atoms with Crippen molar-refractivity contribution in [3.63, 3.8) is 0 Å². The van der Waals surface area contributed by atoms with E-state index < -0.39 is 0 Å². The van der Waals surface area contributed by atoms with E-state index >= 15 is 0 Å². The van der Waals surface area contributed by atoms with Gasteiger partial charge in [-0.1, -0.05) is 23.4 Å². The quantitative estimate of drug-likeness (QED) is 0.535. The molecule has 71 valence electrons. The number of nitrogens with zero attached hydrogens (tertiary/aromatic N) is 2. The van der Waals surface area contributed by atoms with Crippen molar-refractivity contribution >= 4 is 6.21 Å². The van der Waals surface area contributed by atoms with Crippen LogP contribution in [0.1, 0.15) is 18.1 Å². The molecular formula is C11H11N2O. The zero-order valence-corrected chi connectivity index (χ0v) is 7.97. The van der Waals surface area contributed by atoms with E-state index in [4.69, 9.17) is 10.1 Å². The van der Waals surface area contributed by atoms with Crippen molar-refractivity contribution in [2.24, 2.45) is 5.16 Å². The summed E-state index contributed by atoms with van der Waals surface area (Å²) in [6, 6.07) is 9.48. The molecule has 0 saturated carbocycles. The standard InChI is InChI=1S/C11H11N2O/c1-2-14-13-9-11-5-3-4-10(8-11)6-7-12/h3-6,8-9H,2H2,1H3. The Balaban J connectivity index is 2.69. The Bertz CT molecular complexity index is 353. The molecule has 0 aliphatic heterocycles. The summed E-state index contributed by atoms with van der Waals surface area (Å²) in [5.74, 6) is 0. The number of rotatable bonds is 4. The first-order valence-corrected chi connectivity index (χ1v) is 4.35. The van der Waals surface area contributed by atoms with Gasteiger partial charge in [0.25, 0.3) is 0 Å². The lowest BCUT2D eigenvalue weighted by Crippen LogP contribution is -1.86. The fourth-order valence-corrected chi connectivity index (χ4v) is 0.976. The average Bonchev–Trinajstić information content (AvgIpc) is 2.19. The normalized spacial score (nSPS) is 10.0. The predicted octanol–water partition coefficient (Wildman–Crippen LogP) is 2.13. The molecule has 1 aromatic rings. The van der Waals surface area contributed by atoms with E-state index in [2.05, 4.69) is 5.16 Å². The summed E-state index contributed by atoms with van der Waals surface area (Å²) in [7, 11) is 0.